The Hall–Kier alpha value is -4.06. The van der Waals surface area contributed by atoms with Gasteiger partial charge in [0.15, 0.2) is 0 Å². The van der Waals surface area contributed by atoms with Gasteiger partial charge in [-0.25, -0.2) is 4.79 Å². The third-order valence-corrected chi connectivity index (χ3v) is 6.19. The number of esters is 1. The summed E-state index contributed by atoms with van der Waals surface area (Å²) in [6.07, 6.45) is 1.80. The molecule has 0 spiro atoms. The summed E-state index contributed by atoms with van der Waals surface area (Å²) < 4.78 is 12.4. The lowest BCUT2D eigenvalue weighted by Crippen LogP contribution is -2.24. The second kappa shape index (κ2) is 9.43. The normalized spacial score (nSPS) is 14.8. The molecule has 2 aromatic carbocycles. The molecule has 1 amide bonds. The maximum absolute atomic E-state index is 13.5. The van der Waals surface area contributed by atoms with Crippen LogP contribution in [-0.4, -0.2) is 35.6 Å². The Morgan fingerprint density at radius 1 is 0.971 bits per heavy atom. The van der Waals surface area contributed by atoms with Gasteiger partial charge in [-0.1, -0.05) is 30.3 Å². The number of aryl methyl sites for hydroxylation is 1. The van der Waals surface area contributed by atoms with Gasteiger partial charge in [0.2, 0.25) is 0 Å². The van der Waals surface area contributed by atoms with Crippen molar-refractivity contribution in [2.24, 2.45) is 0 Å². The first-order chi connectivity index (χ1) is 16.3. The van der Waals surface area contributed by atoms with Crippen molar-refractivity contribution in [3.8, 4) is 11.4 Å². The third-order valence-electron chi connectivity index (χ3n) is 6.19. The van der Waals surface area contributed by atoms with E-state index in [-0.39, 0.29) is 5.91 Å². The first-order valence-corrected chi connectivity index (χ1v) is 11.1. The number of para-hydroxylation sites is 1. The van der Waals surface area contributed by atoms with E-state index in [9.17, 15) is 9.59 Å². The lowest BCUT2D eigenvalue weighted by molar-refractivity contribution is -0.136. The lowest BCUT2D eigenvalue weighted by atomic mass is 10.0. The van der Waals surface area contributed by atoms with Gasteiger partial charge in [0.1, 0.15) is 5.75 Å². The first kappa shape index (κ1) is 23.1. The summed E-state index contributed by atoms with van der Waals surface area (Å²) in [6.45, 7) is 6.16. The fraction of sp³-hybridized carbons (Fsp3) is 0.214. The summed E-state index contributed by atoms with van der Waals surface area (Å²) in [5.74, 6) is -0.00204. The van der Waals surface area contributed by atoms with Crippen LogP contribution in [0.3, 0.4) is 0 Å². The lowest BCUT2D eigenvalue weighted by Gasteiger charge is -2.18. The predicted octanol–water partition coefficient (Wildman–Crippen LogP) is 4.98. The van der Waals surface area contributed by atoms with Crippen molar-refractivity contribution >= 4 is 18.0 Å². The maximum atomic E-state index is 13.5. The van der Waals surface area contributed by atoms with Crippen molar-refractivity contribution in [2.75, 3.05) is 14.2 Å². The number of carbonyl (C=O) groups excluding carboxylic acids is 2. The number of hydrogen-bond acceptors (Lipinski definition) is 4. The summed E-state index contributed by atoms with van der Waals surface area (Å²) in [5.41, 5.74) is 6.09. The molecule has 34 heavy (non-hydrogen) atoms. The van der Waals surface area contributed by atoms with E-state index in [0.717, 1.165) is 34.0 Å². The molecule has 0 aliphatic carbocycles. The van der Waals surface area contributed by atoms with Gasteiger partial charge in [0.25, 0.3) is 5.91 Å². The molecule has 0 fully saturated rings. The maximum Gasteiger partial charge on any atom is 0.340 e. The van der Waals surface area contributed by atoms with Crippen LogP contribution < -0.4 is 4.74 Å². The number of carbonyl (C=O) groups is 2. The van der Waals surface area contributed by atoms with E-state index in [0.29, 0.717) is 23.4 Å². The van der Waals surface area contributed by atoms with Crippen LogP contribution in [0.2, 0.25) is 0 Å². The molecule has 0 radical (unpaired) electrons. The Morgan fingerprint density at radius 2 is 1.65 bits per heavy atom. The molecule has 0 saturated heterocycles. The molecule has 6 nitrogen and oxygen atoms in total. The van der Waals surface area contributed by atoms with Crippen molar-refractivity contribution in [1.82, 2.24) is 9.47 Å². The highest BCUT2D eigenvalue weighted by Crippen LogP contribution is 2.34. The second-order valence-corrected chi connectivity index (χ2v) is 8.25. The SMILES string of the molecule is COC(=O)C1=C(C)N(Cc2ccc(OC)cc2)C(=O)/C1=C\c1cc(C)n(-c2ccccc2)c1C. The van der Waals surface area contributed by atoms with Gasteiger partial charge >= 0.3 is 5.97 Å². The van der Waals surface area contributed by atoms with Crippen LogP contribution in [0, 0.1) is 13.8 Å². The number of rotatable bonds is 6. The second-order valence-electron chi connectivity index (χ2n) is 8.25. The molecule has 0 unspecified atom stereocenters. The Labute approximate surface area is 199 Å². The Bertz CT molecular complexity index is 1300. The zero-order valence-corrected chi connectivity index (χ0v) is 20.1. The van der Waals surface area contributed by atoms with E-state index in [1.54, 1.807) is 25.0 Å². The standard InChI is InChI=1S/C28H28N2O4/c1-18-15-22(19(2)30(18)23-9-7-6-8-10-23)16-25-26(28(32)34-5)20(3)29(27(25)31)17-21-11-13-24(33-4)14-12-21/h6-16H,17H2,1-5H3/b25-16-. The van der Waals surface area contributed by atoms with E-state index in [1.807, 2.05) is 74.5 Å². The van der Waals surface area contributed by atoms with Gasteiger partial charge in [-0.2, -0.15) is 0 Å². The van der Waals surface area contributed by atoms with Crippen molar-refractivity contribution in [1.29, 1.82) is 0 Å². The average molecular weight is 457 g/mol. The van der Waals surface area contributed by atoms with Gasteiger partial charge in [-0.3, -0.25) is 4.79 Å². The fourth-order valence-electron chi connectivity index (χ4n) is 4.40. The third kappa shape index (κ3) is 4.15. The quantitative estimate of drug-likeness (QED) is 0.388. The minimum Gasteiger partial charge on any atom is -0.497 e. The largest absolute Gasteiger partial charge is 0.497 e. The molecule has 0 N–H and O–H groups in total. The topological polar surface area (TPSA) is 60.8 Å². The van der Waals surface area contributed by atoms with Crippen LogP contribution in [0.25, 0.3) is 11.8 Å². The number of aromatic nitrogens is 1. The molecule has 1 aliphatic rings. The smallest absolute Gasteiger partial charge is 0.340 e. The van der Waals surface area contributed by atoms with E-state index >= 15 is 0 Å². The van der Waals surface area contributed by atoms with Gasteiger partial charge in [-0.05, 0) is 68.3 Å². The highest BCUT2D eigenvalue weighted by Gasteiger charge is 2.37. The number of hydrogen-bond donors (Lipinski definition) is 0. The van der Waals surface area contributed by atoms with Crippen LogP contribution in [0.4, 0.5) is 0 Å². The molecular formula is C28H28N2O4. The first-order valence-electron chi connectivity index (χ1n) is 11.1. The molecule has 4 rings (SSSR count). The van der Waals surface area contributed by atoms with E-state index < -0.39 is 5.97 Å². The van der Waals surface area contributed by atoms with Crippen LogP contribution in [0.15, 0.2) is 77.5 Å². The average Bonchev–Trinajstić information content (AvgIpc) is 3.26. The molecule has 1 aliphatic heterocycles. The minimum atomic E-state index is -0.522. The van der Waals surface area contributed by atoms with Crippen LogP contribution in [-0.2, 0) is 20.9 Å². The fourth-order valence-corrected chi connectivity index (χ4v) is 4.40. The summed E-state index contributed by atoms with van der Waals surface area (Å²) in [5, 5.41) is 0. The Balaban J connectivity index is 1.75. The van der Waals surface area contributed by atoms with Crippen LogP contribution >= 0.6 is 0 Å². The van der Waals surface area contributed by atoms with Crippen LogP contribution in [0.5, 0.6) is 5.75 Å². The molecular weight excluding hydrogens is 428 g/mol. The molecule has 3 aromatic rings. The van der Waals surface area contributed by atoms with Gasteiger partial charge < -0.3 is 18.9 Å². The molecule has 1 aromatic heterocycles. The zero-order chi connectivity index (χ0) is 24.4. The van der Waals surface area contributed by atoms with E-state index in [1.165, 1.54) is 7.11 Å². The Kier molecular flexibility index (Phi) is 6.41. The van der Waals surface area contributed by atoms with Crippen molar-refractivity contribution < 1.29 is 19.1 Å². The molecule has 0 saturated carbocycles. The number of benzene rings is 2. The number of methoxy groups -OCH3 is 2. The molecule has 2 heterocycles. The predicted molar refractivity (Wildman–Crippen MR) is 131 cm³/mol. The van der Waals surface area contributed by atoms with Crippen molar-refractivity contribution in [3.63, 3.8) is 0 Å². The number of allylic oxidation sites excluding steroid dienone is 1. The highest BCUT2D eigenvalue weighted by atomic mass is 16.5. The number of nitrogens with zero attached hydrogens (tertiary/aromatic N) is 2. The van der Waals surface area contributed by atoms with Crippen molar-refractivity contribution in [3.05, 3.63) is 100 Å². The van der Waals surface area contributed by atoms with E-state index in [2.05, 4.69) is 4.57 Å². The molecule has 174 valence electrons. The van der Waals surface area contributed by atoms with Crippen LogP contribution in [0.1, 0.15) is 29.4 Å². The summed E-state index contributed by atoms with van der Waals surface area (Å²) >= 11 is 0. The summed E-state index contributed by atoms with van der Waals surface area (Å²) in [4.78, 5) is 27.9. The molecule has 0 atom stereocenters. The molecule has 6 heteroatoms. The number of ether oxygens (including phenoxy) is 2. The zero-order valence-electron chi connectivity index (χ0n) is 20.1. The Morgan fingerprint density at radius 3 is 2.26 bits per heavy atom. The number of amides is 1. The summed E-state index contributed by atoms with van der Waals surface area (Å²) in [7, 11) is 2.94. The highest BCUT2D eigenvalue weighted by molar-refractivity contribution is 6.16. The van der Waals surface area contributed by atoms with Gasteiger partial charge in [0.05, 0.1) is 31.9 Å². The molecule has 0 bridgehead atoms. The van der Waals surface area contributed by atoms with Crippen molar-refractivity contribution in [2.45, 2.75) is 27.3 Å². The monoisotopic (exact) mass is 456 g/mol. The van der Waals surface area contributed by atoms with E-state index in [4.69, 9.17) is 9.47 Å². The minimum absolute atomic E-state index is 0.224. The summed E-state index contributed by atoms with van der Waals surface area (Å²) in [6, 6.07) is 19.6. The van der Waals surface area contributed by atoms with Gasteiger partial charge in [-0.15, -0.1) is 0 Å². The van der Waals surface area contributed by atoms with Gasteiger partial charge in [0, 0.05) is 22.8 Å².